The monoisotopic (exact) mass is 1560 g/mol. The molecule has 3 saturated heterocycles. The molecule has 4 heterocycles. The normalized spacial score (nSPS) is 19.5. The number of carbonyl (C=O) groups excluding carboxylic acids is 15. The number of fused-ring (bicyclic) bond motifs is 1. The second-order valence-electron chi connectivity index (χ2n) is 30.8. The molecule has 8 rings (SSSR count). The van der Waals surface area contributed by atoms with Crippen LogP contribution in [0.2, 0.25) is 0 Å². The molecule has 0 bridgehead atoms. The summed E-state index contributed by atoms with van der Waals surface area (Å²) in [6.07, 6.45) is 0.322. The van der Waals surface area contributed by atoms with Crippen molar-refractivity contribution >= 4 is 88.7 Å². The molecule has 2 aromatic rings. The Labute approximate surface area is 646 Å². The van der Waals surface area contributed by atoms with Gasteiger partial charge in [-0.3, -0.25) is 67.1 Å². The Hall–Kier alpha value is -9.56. The zero-order valence-corrected chi connectivity index (χ0v) is 65.7. The Kier molecular flexibility index (Phi) is 30.2. The molecule has 0 radical (unpaired) electrons. The molecule has 2 aromatic carbocycles. The number of likely N-dealkylation sites (N-methyl/N-ethyl adjacent to an activating group) is 5. The molecule has 9 atom stereocenters. The van der Waals surface area contributed by atoms with Gasteiger partial charge in [-0.25, -0.2) is 4.79 Å². The lowest BCUT2D eigenvalue weighted by Crippen LogP contribution is -2.65. The Bertz CT molecular complexity index is 3730. The Morgan fingerprint density at radius 2 is 1.29 bits per heavy atom. The van der Waals surface area contributed by atoms with Crippen molar-refractivity contribution in [3.05, 3.63) is 70.8 Å². The molecule has 14 amide bonds. The molecule has 6 aliphatic rings. The quantitative estimate of drug-likeness (QED) is 0.0719. The summed E-state index contributed by atoms with van der Waals surface area (Å²) in [4.78, 5) is 230. The zero-order valence-electron chi connectivity index (χ0n) is 65.7. The second-order valence-corrected chi connectivity index (χ2v) is 30.8. The third-order valence-corrected chi connectivity index (χ3v) is 22.7. The van der Waals surface area contributed by atoms with Crippen LogP contribution in [0.1, 0.15) is 189 Å². The summed E-state index contributed by atoms with van der Waals surface area (Å²) in [7, 11) is 6.97. The lowest BCUT2D eigenvalue weighted by molar-refractivity contribution is -0.169. The summed E-state index contributed by atoms with van der Waals surface area (Å²) in [6.45, 7) is 10.5. The van der Waals surface area contributed by atoms with E-state index in [-0.39, 0.29) is 118 Å². The van der Waals surface area contributed by atoms with Crippen LogP contribution in [0.3, 0.4) is 0 Å². The highest BCUT2D eigenvalue weighted by Gasteiger charge is 2.50. The standard InChI is InChI=1S/C78H110F3N13O17/c1-12-35-91(74(107)57-32-37-93(57)68(101)49(6)87(9)75(108)65(48(5)13-2)84-66(99)58(42-47(3)4)88(10)63(97)45-59(73(106)90-38-40-110-41-39-90)89(11)62(96)44-50-21-14-15-22-50)60(43-51-26-28-52(29-27-51)78(79,80)81)72(105)86(8)46-61(95)83-55(30-31-64(98)111-94-69(102)53-23-16-17-24-54(53)70(94)103)71(104)92-36-20-25-56(92)67(100)85-77(76(109)82-7)33-18-19-34-77/h16-17,23-24,26-29,47-50,55-60,65H,12-15,18-22,25,30-46H2,1-11H3,(H,82,109)(H,83,95)(H,84,99)(H,85,100)/t48-,49-,55-,56-,57-,58-,59-,60-,65-/m0/s1. The highest BCUT2D eigenvalue weighted by Crippen LogP contribution is 2.35. The van der Waals surface area contributed by atoms with Gasteiger partial charge in [0.15, 0.2) is 0 Å². The van der Waals surface area contributed by atoms with E-state index < -0.39 is 187 Å². The third-order valence-electron chi connectivity index (χ3n) is 22.7. The topological polar surface area (TPSA) is 352 Å². The van der Waals surface area contributed by atoms with Gasteiger partial charge in [0.1, 0.15) is 53.9 Å². The first-order valence-corrected chi connectivity index (χ1v) is 38.9. The molecule has 4 N–H and O–H groups in total. The number of benzene rings is 2. The van der Waals surface area contributed by atoms with E-state index >= 15 is 9.59 Å². The number of hydrogen-bond acceptors (Lipinski definition) is 17. The van der Waals surface area contributed by atoms with Gasteiger partial charge < -0.3 is 70.0 Å². The number of imide groups is 1. The first-order chi connectivity index (χ1) is 52.6. The van der Waals surface area contributed by atoms with Crippen LogP contribution in [-0.4, -0.2) is 275 Å². The maximum atomic E-state index is 15.3. The van der Waals surface area contributed by atoms with Crippen molar-refractivity contribution in [2.45, 2.75) is 224 Å². The largest absolute Gasteiger partial charge is 0.416 e. The number of halogens is 3. The number of hydrogen-bond donors (Lipinski definition) is 4. The molecule has 33 heteroatoms. The Morgan fingerprint density at radius 1 is 0.676 bits per heavy atom. The fraction of sp³-hybridized carbons (Fsp3) is 0.654. The first kappa shape index (κ1) is 87.0. The molecular formula is C78H110F3N13O17. The summed E-state index contributed by atoms with van der Waals surface area (Å²) in [5.74, 6) is -11.5. The molecule has 2 saturated carbocycles. The van der Waals surface area contributed by atoms with Gasteiger partial charge in [0.05, 0.1) is 49.3 Å². The van der Waals surface area contributed by atoms with Gasteiger partial charge in [-0.05, 0) is 119 Å². The van der Waals surface area contributed by atoms with Crippen molar-refractivity contribution in [1.29, 1.82) is 0 Å². The number of rotatable bonds is 34. The lowest BCUT2D eigenvalue weighted by atomic mass is 9.94. The summed E-state index contributed by atoms with van der Waals surface area (Å²) < 4.78 is 47.4. The molecule has 0 aromatic heterocycles. The fourth-order valence-corrected chi connectivity index (χ4v) is 15.6. The maximum Gasteiger partial charge on any atom is 0.416 e. The maximum absolute atomic E-state index is 15.3. The van der Waals surface area contributed by atoms with Crippen LogP contribution in [-0.2, 0) is 84.5 Å². The van der Waals surface area contributed by atoms with Crippen LogP contribution in [0, 0.1) is 17.8 Å². The molecule has 610 valence electrons. The molecule has 0 unspecified atom stereocenters. The number of morpholine rings is 1. The van der Waals surface area contributed by atoms with Gasteiger partial charge in [0, 0.05) is 80.8 Å². The predicted octanol–water partition coefficient (Wildman–Crippen LogP) is 4.01. The molecular weight excluding hydrogens is 1450 g/mol. The third kappa shape index (κ3) is 21.0. The molecule has 4 aliphatic heterocycles. The van der Waals surface area contributed by atoms with Gasteiger partial charge in [0.25, 0.3) is 11.8 Å². The van der Waals surface area contributed by atoms with E-state index in [0.717, 1.165) is 59.7 Å². The number of likely N-dealkylation sites (tertiary alicyclic amines) is 2. The number of nitrogens with one attached hydrogen (secondary N) is 4. The van der Waals surface area contributed by atoms with E-state index in [1.165, 1.54) is 90.9 Å². The lowest BCUT2D eigenvalue weighted by Gasteiger charge is -2.46. The van der Waals surface area contributed by atoms with E-state index in [0.29, 0.717) is 38.5 Å². The Morgan fingerprint density at radius 3 is 1.86 bits per heavy atom. The van der Waals surface area contributed by atoms with Crippen molar-refractivity contribution in [3.8, 4) is 0 Å². The van der Waals surface area contributed by atoms with Crippen molar-refractivity contribution in [2.75, 3.05) is 87.7 Å². The van der Waals surface area contributed by atoms with Gasteiger partial charge in [-0.1, -0.05) is 96.1 Å². The van der Waals surface area contributed by atoms with E-state index in [9.17, 15) is 75.5 Å². The highest BCUT2D eigenvalue weighted by atomic mass is 19.4. The highest BCUT2D eigenvalue weighted by molar-refractivity contribution is 6.21. The molecule has 2 aliphatic carbocycles. The molecule has 0 spiro atoms. The average Bonchev–Trinajstić information content (AvgIpc) is 1.70. The van der Waals surface area contributed by atoms with E-state index in [1.54, 1.807) is 25.7 Å². The predicted molar refractivity (Wildman–Crippen MR) is 396 cm³/mol. The van der Waals surface area contributed by atoms with E-state index in [2.05, 4.69) is 21.3 Å². The Balaban J connectivity index is 0.989. The van der Waals surface area contributed by atoms with Crippen molar-refractivity contribution in [3.63, 3.8) is 0 Å². The first-order valence-electron chi connectivity index (χ1n) is 38.9. The number of amides is 14. The molecule has 30 nitrogen and oxygen atoms in total. The minimum Gasteiger partial charge on any atom is -0.378 e. The minimum absolute atomic E-state index is 0.00451. The summed E-state index contributed by atoms with van der Waals surface area (Å²) in [6, 6.07) is -0.915. The van der Waals surface area contributed by atoms with Gasteiger partial charge in [-0.2, -0.15) is 13.2 Å². The summed E-state index contributed by atoms with van der Waals surface area (Å²) in [5, 5.41) is 11.2. The number of nitrogens with zero attached hydrogens (tertiary/aromatic N) is 9. The van der Waals surface area contributed by atoms with Crippen molar-refractivity contribution in [1.82, 2.24) is 65.5 Å². The number of alkyl halides is 3. The van der Waals surface area contributed by atoms with Crippen molar-refractivity contribution < 1.29 is 94.7 Å². The SMILES string of the molecule is CCCN(C(=O)[C@@H]1CCN1C(=O)[C@H](C)N(C)C(=O)[C@@H](NC(=O)[C@H](CC(C)C)N(C)C(=O)C[C@@H](C(=O)N1CCOCC1)N(C)C(=O)CC1CCCC1)[C@@H](C)CC)[C@@H](Cc1ccc(C(F)(F)F)cc1)C(=O)N(C)CC(=O)N[C@@H](CCC(=O)ON1C(=O)c2ccccc2C1=O)C(=O)N1CCC[C@H]1C(=O)NC1(C(=O)NC)CCCC1. The van der Waals surface area contributed by atoms with Crippen LogP contribution < -0.4 is 21.3 Å². The average molecular weight is 1560 g/mol. The van der Waals surface area contributed by atoms with Crippen LogP contribution >= 0.6 is 0 Å². The van der Waals surface area contributed by atoms with E-state index in [4.69, 9.17) is 9.57 Å². The summed E-state index contributed by atoms with van der Waals surface area (Å²) in [5.41, 5.74) is -2.15. The van der Waals surface area contributed by atoms with Gasteiger partial charge >= 0.3 is 12.1 Å². The van der Waals surface area contributed by atoms with E-state index in [1.807, 2.05) is 13.8 Å². The molecule has 5 fully saturated rings. The van der Waals surface area contributed by atoms with Crippen LogP contribution in [0.5, 0.6) is 0 Å². The smallest absolute Gasteiger partial charge is 0.378 e. The van der Waals surface area contributed by atoms with Crippen LogP contribution in [0.15, 0.2) is 48.5 Å². The fourth-order valence-electron chi connectivity index (χ4n) is 15.6. The van der Waals surface area contributed by atoms with Crippen LogP contribution in [0.4, 0.5) is 13.2 Å². The number of hydroxylamine groups is 2. The van der Waals surface area contributed by atoms with Crippen molar-refractivity contribution in [2.24, 2.45) is 17.8 Å². The summed E-state index contributed by atoms with van der Waals surface area (Å²) >= 11 is 0. The number of ether oxygens (including phenoxy) is 1. The van der Waals surface area contributed by atoms with Gasteiger partial charge in [-0.15, -0.1) is 0 Å². The molecule has 111 heavy (non-hydrogen) atoms. The number of carbonyl (C=O) groups is 15. The van der Waals surface area contributed by atoms with Crippen LogP contribution in [0.25, 0.3) is 0 Å². The second kappa shape index (κ2) is 38.6. The van der Waals surface area contributed by atoms with Gasteiger partial charge in [0.2, 0.25) is 70.9 Å². The zero-order chi connectivity index (χ0) is 81.5. The minimum atomic E-state index is -4.75.